The molecule has 2 heterocycles. The van der Waals surface area contributed by atoms with E-state index >= 15 is 0 Å². The number of carbonyl (C=O) groups is 6. The maximum atomic E-state index is 14.5. The quantitative estimate of drug-likeness (QED) is 0.0972. The molecule has 4 amide bonds. The fraction of sp³-hybridized carbons (Fsp3) is 0.341. The SMILES string of the molecule is CC(=O)N[C@@H](Cc1ccc(O)cc1)C(=O)N[C@H](C(=O)N1C[C@H](Cc2ccccc2)C[C@H]1C(=O)N[C@@H](CC(=O)O)C(=O)c1ncc(-c2c(Cl)cccc2Cl)o1)C(C)C. The van der Waals surface area contributed by atoms with E-state index in [0.29, 0.717) is 12.0 Å². The van der Waals surface area contributed by atoms with Gasteiger partial charge in [0.05, 0.1) is 28.2 Å². The van der Waals surface area contributed by atoms with Gasteiger partial charge in [0.15, 0.2) is 5.76 Å². The van der Waals surface area contributed by atoms with E-state index in [2.05, 4.69) is 20.9 Å². The number of rotatable bonds is 16. The Labute approximate surface area is 338 Å². The van der Waals surface area contributed by atoms with Gasteiger partial charge in [0.25, 0.3) is 5.89 Å². The lowest BCUT2D eigenvalue weighted by molar-refractivity contribution is -0.143. The van der Waals surface area contributed by atoms with Crippen molar-refractivity contribution in [2.75, 3.05) is 6.54 Å². The van der Waals surface area contributed by atoms with Crippen LogP contribution < -0.4 is 16.0 Å². The van der Waals surface area contributed by atoms with Gasteiger partial charge in [-0.2, -0.15) is 0 Å². The van der Waals surface area contributed by atoms with E-state index in [9.17, 15) is 39.0 Å². The summed E-state index contributed by atoms with van der Waals surface area (Å²) in [5.74, 6) is -5.88. The molecule has 14 nitrogen and oxygen atoms in total. The van der Waals surface area contributed by atoms with Crippen LogP contribution in [-0.2, 0) is 36.8 Å². The Hall–Kier alpha value is -5.73. The van der Waals surface area contributed by atoms with Gasteiger partial charge < -0.3 is 35.5 Å². The lowest BCUT2D eigenvalue weighted by Crippen LogP contribution is -2.59. The predicted molar refractivity (Wildman–Crippen MR) is 210 cm³/mol. The van der Waals surface area contributed by atoms with Gasteiger partial charge in [0.1, 0.15) is 29.9 Å². The van der Waals surface area contributed by atoms with Crippen LogP contribution >= 0.6 is 23.2 Å². The molecular weight excluding hydrogens is 777 g/mol. The van der Waals surface area contributed by atoms with Crippen molar-refractivity contribution < 1.29 is 43.4 Å². The van der Waals surface area contributed by atoms with Gasteiger partial charge in [0, 0.05) is 19.9 Å². The monoisotopic (exact) mass is 819 g/mol. The number of likely N-dealkylation sites (tertiary alicyclic amines) is 1. The fourth-order valence-electron chi connectivity index (χ4n) is 6.82. The summed E-state index contributed by atoms with van der Waals surface area (Å²) in [6, 6.07) is 15.4. The third-order valence-corrected chi connectivity index (χ3v) is 10.2. The summed E-state index contributed by atoms with van der Waals surface area (Å²) in [6.45, 7) is 4.84. The minimum atomic E-state index is -1.63. The Kier molecular flexibility index (Phi) is 14.1. The van der Waals surface area contributed by atoms with E-state index in [4.69, 9.17) is 27.6 Å². The number of nitrogens with one attached hydrogen (secondary N) is 3. The number of ketones is 1. The molecule has 1 fully saturated rings. The average molecular weight is 821 g/mol. The van der Waals surface area contributed by atoms with Crippen LogP contribution in [-0.4, -0.2) is 86.2 Å². The van der Waals surface area contributed by atoms with Crippen LogP contribution in [0.15, 0.2) is 83.4 Å². The average Bonchev–Trinajstić information content (AvgIpc) is 3.81. The predicted octanol–water partition coefficient (Wildman–Crippen LogP) is 4.84. The van der Waals surface area contributed by atoms with Gasteiger partial charge in [-0.25, -0.2) is 4.98 Å². The van der Waals surface area contributed by atoms with Crippen molar-refractivity contribution in [3.8, 4) is 17.1 Å². The first-order valence-electron chi connectivity index (χ1n) is 18.3. The number of aromatic hydroxyl groups is 1. The molecule has 0 radical (unpaired) electrons. The van der Waals surface area contributed by atoms with E-state index in [-0.39, 0.29) is 52.4 Å². The molecule has 1 saturated heterocycles. The highest BCUT2D eigenvalue weighted by atomic mass is 35.5. The van der Waals surface area contributed by atoms with Gasteiger partial charge in [-0.1, -0.05) is 85.6 Å². The van der Waals surface area contributed by atoms with Crippen molar-refractivity contribution in [2.45, 2.75) is 70.6 Å². The number of oxazole rings is 1. The van der Waals surface area contributed by atoms with E-state index in [1.54, 1.807) is 44.2 Å². The lowest BCUT2D eigenvalue weighted by atomic mass is 9.96. The van der Waals surface area contributed by atoms with E-state index in [0.717, 1.165) is 5.56 Å². The zero-order valence-electron chi connectivity index (χ0n) is 31.4. The molecule has 57 heavy (non-hydrogen) atoms. The molecule has 0 saturated carbocycles. The van der Waals surface area contributed by atoms with Crippen molar-refractivity contribution >= 4 is 58.6 Å². The molecule has 16 heteroatoms. The van der Waals surface area contributed by atoms with Crippen molar-refractivity contribution in [1.29, 1.82) is 0 Å². The molecule has 5 N–H and O–H groups in total. The smallest absolute Gasteiger partial charge is 0.305 e. The molecule has 300 valence electrons. The molecule has 5 rings (SSSR count). The Morgan fingerprint density at radius 1 is 0.877 bits per heavy atom. The largest absolute Gasteiger partial charge is 0.508 e. The number of carboxylic acid groups (broad SMARTS) is 1. The van der Waals surface area contributed by atoms with Gasteiger partial charge in [-0.05, 0) is 60.1 Å². The van der Waals surface area contributed by atoms with Crippen LogP contribution in [0.25, 0.3) is 11.3 Å². The summed E-state index contributed by atoms with van der Waals surface area (Å²) in [5.41, 5.74) is 1.88. The summed E-state index contributed by atoms with van der Waals surface area (Å²) in [7, 11) is 0. The summed E-state index contributed by atoms with van der Waals surface area (Å²) >= 11 is 12.6. The van der Waals surface area contributed by atoms with E-state index < -0.39 is 77.8 Å². The second kappa shape index (κ2) is 18.9. The Morgan fingerprint density at radius 2 is 1.54 bits per heavy atom. The lowest BCUT2D eigenvalue weighted by Gasteiger charge is -2.32. The van der Waals surface area contributed by atoms with Gasteiger partial charge in [-0.3, -0.25) is 28.8 Å². The highest BCUT2D eigenvalue weighted by Crippen LogP contribution is 2.35. The number of carboxylic acids is 1. The van der Waals surface area contributed by atoms with E-state index in [1.165, 1.54) is 30.2 Å². The number of nitrogens with zero attached hydrogens (tertiary/aromatic N) is 2. The normalized spacial score (nSPS) is 16.7. The standard InChI is InChI=1S/C41H43Cl2N5O9/c1-22(2)36(47-38(54)31(45-23(3)49)17-25-12-14-27(50)15-13-25)41(56)48-21-26(16-24-8-5-4-6-9-24)18-32(48)39(55)46-30(19-34(51)52)37(53)40-44-20-33(57-40)35-28(42)10-7-11-29(35)43/h4-15,20,22,26,30-32,36,50H,16-19,21H2,1-3H3,(H,45,49)(H,46,55)(H,47,54)(H,51,52)/t26-,30+,31+,32+,36+/m1/s1. The number of benzene rings is 3. The number of halogens is 2. The van der Waals surface area contributed by atoms with Gasteiger partial charge in [-0.15, -0.1) is 0 Å². The Bertz CT molecular complexity index is 2090. The number of carbonyl (C=O) groups excluding carboxylic acids is 5. The number of aliphatic carboxylic acids is 1. The molecule has 0 unspecified atom stereocenters. The number of phenolic OH excluding ortho intramolecular Hbond substituents is 1. The van der Waals surface area contributed by atoms with Gasteiger partial charge >= 0.3 is 5.97 Å². The summed E-state index contributed by atoms with van der Waals surface area (Å²) in [6.07, 6.45) is 1.13. The number of hydrogen-bond acceptors (Lipinski definition) is 9. The zero-order chi connectivity index (χ0) is 41.4. The molecule has 3 aromatic carbocycles. The second-order valence-corrected chi connectivity index (χ2v) is 15.1. The van der Waals surface area contributed by atoms with Gasteiger partial charge in [0.2, 0.25) is 29.4 Å². The van der Waals surface area contributed by atoms with Crippen LogP contribution in [0.3, 0.4) is 0 Å². The molecule has 1 aliphatic rings. The topological polar surface area (TPSA) is 208 Å². The Morgan fingerprint density at radius 3 is 2.16 bits per heavy atom. The first-order valence-corrected chi connectivity index (χ1v) is 19.0. The first-order chi connectivity index (χ1) is 27.1. The van der Waals surface area contributed by atoms with Crippen molar-refractivity contribution in [3.05, 3.63) is 106 Å². The summed E-state index contributed by atoms with van der Waals surface area (Å²) in [4.78, 5) is 85.6. The number of Topliss-reactive ketones (excluding diaryl/α,β-unsaturated/α-hetero) is 1. The van der Waals surface area contributed by atoms with E-state index in [1.807, 2.05) is 30.3 Å². The highest BCUT2D eigenvalue weighted by molar-refractivity contribution is 6.39. The van der Waals surface area contributed by atoms with Crippen molar-refractivity contribution in [2.24, 2.45) is 11.8 Å². The molecule has 4 aromatic rings. The third-order valence-electron chi connectivity index (χ3n) is 9.58. The van der Waals surface area contributed by atoms with Crippen molar-refractivity contribution in [1.82, 2.24) is 25.8 Å². The molecule has 0 spiro atoms. The van der Waals surface area contributed by atoms with Crippen LogP contribution in [0.2, 0.25) is 10.0 Å². The molecular formula is C41H43Cl2N5O9. The number of amides is 4. The van der Waals surface area contributed by atoms with Crippen LogP contribution in [0.4, 0.5) is 0 Å². The van der Waals surface area contributed by atoms with Crippen LogP contribution in [0.5, 0.6) is 5.75 Å². The zero-order valence-corrected chi connectivity index (χ0v) is 32.9. The number of phenols is 1. The molecule has 1 aromatic heterocycles. The highest BCUT2D eigenvalue weighted by Gasteiger charge is 2.44. The maximum Gasteiger partial charge on any atom is 0.305 e. The fourth-order valence-corrected chi connectivity index (χ4v) is 7.40. The second-order valence-electron chi connectivity index (χ2n) is 14.3. The molecule has 0 aliphatic carbocycles. The number of hydrogen-bond donors (Lipinski definition) is 5. The summed E-state index contributed by atoms with van der Waals surface area (Å²) in [5, 5.41) is 27.9. The maximum absolute atomic E-state index is 14.5. The summed E-state index contributed by atoms with van der Waals surface area (Å²) < 4.78 is 5.67. The number of aromatic nitrogens is 1. The van der Waals surface area contributed by atoms with Crippen molar-refractivity contribution in [3.63, 3.8) is 0 Å². The van der Waals surface area contributed by atoms with Crippen LogP contribution in [0.1, 0.15) is 55.4 Å². The molecule has 1 aliphatic heterocycles. The third kappa shape index (κ3) is 11.0. The van der Waals surface area contributed by atoms with Crippen LogP contribution in [0, 0.1) is 11.8 Å². The first kappa shape index (κ1) is 42.4. The molecule has 0 bridgehead atoms. The minimum absolute atomic E-state index is 0.0312. The Balaban J connectivity index is 1.40. The minimum Gasteiger partial charge on any atom is -0.508 e. The molecule has 5 atom stereocenters.